The van der Waals surface area contributed by atoms with E-state index in [-0.39, 0.29) is 6.03 Å². The number of nitrogens with one attached hydrogen (secondary N) is 2. The summed E-state index contributed by atoms with van der Waals surface area (Å²) in [6.45, 7) is 5.00. The van der Waals surface area contributed by atoms with Crippen molar-refractivity contribution in [1.82, 2.24) is 5.32 Å². The van der Waals surface area contributed by atoms with Crippen molar-refractivity contribution in [3.8, 4) is 11.5 Å². The molecule has 2 aromatic carbocycles. The molecule has 0 aliphatic heterocycles. The average Bonchev–Trinajstić information content (AvgIpc) is 2.59. The highest BCUT2D eigenvalue weighted by molar-refractivity contribution is 9.10. The topological polar surface area (TPSA) is 59.6 Å². The number of aryl methyl sites for hydroxylation is 1. The maximum atomic E-state index is 12.0. The molecule has 2 N–H and O–H groups in total. The summed E-state index contributed by atoms with van der Waals surface area (Å²) in [5.41, 5.74) is 2.87. The SMILES string of the molecule is CCOc1ccc(CCNC(=O)Nc2ccc(Br)cc2C)cc1OC. The summed E-state index contributed by atoms with van der Waals surface area (Å²) in [4.78, 5) is 12.0. The van der Waals surface area contributed by atoms with Crippen LogP contribution >= 0.6 is 15.9 Å². The van der Waals surface area contributed by atoms with Crippen LogP contribution in [0.5, 0.6) is 11.5 Å². The van der Waals surface area contributed by atoms with Crippen LogP contribution in [0.3, 0.4) is 0 Å². The Morgan fingerprint density at radius 3 is 2.64 bits per heavy atom. The predicted molar refractivity (Wildman–Crippen MR) is 104 cm³/mol. The highest BCUT2D eigenvalue weighted by atomic mass is 79.9. The van der Waals surface area contributed by atoms with Crippen LogP contribution in [0.2, 0.25) is 0 Å². The molecule has 0 spiro atoms. The number of carbonyl (C=O) groups excluding carboxylic acids is 1. The van der Waals surface area contributed by atoms with Gasteiger partial charge in [0.2, 0.25) is 0 Å². The van der Waals surface area contributed by atoms with E-state index in [1.165, 1.54) is 0 Å². The van der Waals surface area contributed by atoms with Gasteiger partial charge in [-0.15, -0.1) is 0 Å². The smallest absolute Gasteiger partial charge is 0.319 e. The van der Waals surface area contributed by atoms with Crippen LogP contribution in [0.15, 0.2) is 40.9 Å². The van der Waals surface area contributed by atoms with E-state index in [9.17, 15) is 4.79 Å². The number of hydrogen-bond donors (Lipinski definition) is 2. The second-order valence-electron chi connectivity index (χ2n) is 5.51. The van der Waals surface area contributed by atoms with Crippen LogP contribution < -0.4 is 20.1 Å². The first-order valence-corrected chi connectivity index (χ1v) is 8.93. The molecule has 0 fully saturated rings. The van der Waals surface area contributed by atoms with Crippen molar-refractivity contribution < 1.29 is 14.3 Å². The van der Waals surface area contributed by atoms with Crippen LogP contribution in [0.25, 0.3) is 0 Å². The highest BCUT2D eigenvalue weighted by Gasteiger charge is 2.07. The Kier molecular flexibility index (Phi) is 7.13. The number of urea groups is 1. The maximum absolute atomic E-state index is 12.0. The maximum Gasteiger partial charge on any atom is 0.319 e. The normalized spacial score (nSPS) is 10.2. The first-order chi connectivity index (χ1) is 12.0. The lowest BCUT2D eigenvalue weighted by Gasteiger charge is -2.12. The summed E-state index contributed by atoms with van der Waals surface area (Å²) < 4.78 is 11.8. The van der Waals surface area contributed by atoms with Crippen molar-refractivity contribution >= 4 is 27.6 Å². The van der Waals surface area contributed by atoms with Crippen LogP contribution in [0, 0.1) is 6.92 Å². The van der Waals surface area contributed by atoms with E-state index >= 15 is 0 Å². The van der Waals surface area contributed by atoms with Gasteiger partial charge in [-0.3, -0.25) is 0 Å². The number of halogens is 1. The van der Waals surface area contributed by atoms with E-state index in [0.717, 1.165) is 27.0 Å². The molecule has 0 heterocycles. The molecule has 2 amide bonds. The fourth-order valence-corrected chi connectivity index (χ4v) is 2.87. The van der Waals surface area contributed by atoms with Gasteiger partial charge in [0.05, 0.1) is 13.7 Å². The number of methoxy groups -OCH3 is 1. The van der Waals surface area contributed by atoms with Gasteiger partial charge in [-0.1, -0.05) is 22.0 Å². The van der Waals surface area contributed by atoms with Gasteiger partial charge in [0.25, 0.3) is 0 Å². The van der Waals surface area contributed by atoms with Crippen LogP contribution in [-0.2, 0) is 6.42 Å². The van der Waals surface area contributed by atoms with Crippen LogP contribution in [-0.4, -0.2) is 26.3 Å². The number of carbonyl (C=O) groups is 1. The fourth-order valence-electron chi connectivity index (χ4n) is 2.40. The van der Waals surface area contributed by atoms with Gasteiger partial charge in [-0.2, -0.15) is 0 Å². The van der Waals surface area contributed by atoms with Crippen molar-refractivity contribution in [2.75, 3.05) is 25.6 Å². The van der Waals surface area contributed by atoms with E-state index in [4.69, 9.17) is 9.47 Å². The molecular weight excluding hydrogens is 384 g/mol. The molecule has 0 saturated heterocycles. The molecule has 0 aromatic heterocycles. The molecule has 6 heteroatoms. The molecule has 2 aromatic rings. The van der Waals surface area contributed by atoms with E-state index in [1.807, 2.05) is 50.2 Å². The fraction of sp³-hybridized carbons (Fsp3) is 0.316. The Morgan fingerprint density at radius 2 is 1.96 bits per heavy atom. The third-order valence-electron chi connectivity index (χ3n) is 3.66. The van der Waals surface area contributed by atoms with Gasteiger partial charge in [-0.05, 0) is 61.7 Å². The molecule has 0 aliphatic carbocycles. The van der Waals surface area contributed by atoms with Crippen molar-refractivity contribution in [2.45, 2.75) is 20.3 Å². The largest absolute Gasteiger partial charge is 0.493 e. The summed E-state index contributed by atoms with van der Waals surface area (Å²) in [6.07, 6.45) is 0.704. The molecular formula is C19H23BrN2O3. The summed E-state index contributed by atoms with van der Waals surface area (Å²) in [6, 6.07) is 11.3. The standard InChI is InChI=1S/C19H23BrN2O3/c1-4-25-17-8-5-14(12-18(17)24-3)9-10-21-19(23)22-16-7-6-15(20)11-13(16)2/h5-8,11-12H,4,9-10H2,1-3H3,(H2,21,22,23). The molecule has 0 atom stereocenters. The number of hydrogen-bond acceptors (Lipinski definition) is 3. The Morgan fingerprint density at radius 1 is 1.16 bits per heavy atom. The molecule has 0 saturated carbocycles. The third-order valence-corrected chi connectivity index (χ3v) is 4.16. The number of anilines is 1. The molecule has 25 heavy (non-hydrogen) atoms. The zero-order valence-corrected chi connectivity index (χ0v) is 16.3. The zero-order chi connectivity index (χ0) is 18.2. The van der Waals surface area contributed by atoms with Crippen LogP contribution in [0.4, 0.5) is 10.5 Å². The third kappa shape index (κ3) is 5.67. The van der Waals surface area contributed by atoms with Gasteiger partial charge in [0.15, 0.2) is 11.5 Å². The quantitative estimate of drug-likeness (QED) is 0.709. The molecule has 0 bridgehead atoms. The molecule has 0 aliphatic rings. The van der Waals surface area contributed by atoms with E-state index in [1.54, 1.807) is 7.11 Å². The minimum atomic E-state index is -0.219. The molecule has 5 nitrogen and oxygen atoms in total. The summed E-state index contributed by atoms with van der Waals surface area (Å²) >= 11 is 3.41. The summed E-state index contributed by atoms with van der Waals surface area (Å²) in [5, 5.41) is 5.72. The minimum absolute atomic E-state index is 0.219. The van der Waals surface area contributed by atoms with Crippen molar-refractivity contribution in [3.05, 3.63) is 52.0 Å². The minimum Gasteiger partial charge on any atom is -0.493 e. The molecule has 0 radical (unpaired) electrons. The average molecular weight is 407 g/mol. The van der Waals surface area contributed by atoms with Crippen molar-refractivity contribution in [2.24, 2.45) is 0 Å². The van der Waals surface area contributed by atoms with Gasteiger partial charge in [0.1, 0.15) is 0 Å². The van der Waals surface area contributed by atoms with Crippen LogP contribution in [0.1, 0.15) is 18.1 Å². The molecule has 0 unspecified atom stereocenters. The molecule has 134 valence electrons. The summed E-state index contributed by atoms with van der Waals surface area (Å²) in [5.74, 6) is 1.43. The Labute approximate surface area is 156 Å². The summed E-state index contributed by atoms with van der Waals surface area (Å²) in [7, 11) is 1.62. The van der Waals surface area contributed by atoms with Gasteiger partial charge in [-0.25, -0.2) is 4.79 Å². The Balaban J connectivity index is 1.86. The zero-order valence-electron chi connectivity index (χ0n) is 14.7. The van der Waals surface area contributed by atoms with E-state index < -0.39 is 0 Å². The number of ether oxygens (including phenoxy) is 2. The number of benzene rings is 2. The first-order valence-electron chi connectivity index (χ1n) is 8.14. The number of rotatable bonds is 7. The van der Waals surface area contributed by atoms with Crippen molar-refractivity contribution in [3.63, 3.8) is 0 Å². The highest BCUT2D eigenvalue weighted by Crippen LogP contribution is 2.28. The second-order valence-corrected chi connectivity index (χ2v) is 6.42. The second kappa shape index (κ2) is 9.32. The van der Waals surface area contributed by atoms with Gasteiger partial charge >= 0.3 is 6.03 Å². The lowest BCUT2D eigenvalue weighted by atomic mass is 10.1. The number of amides is 2. The Hall–Kier alpha value is -2.21. The van der Waals surface area contributed by atoms with Crippen molar-refractivity contribution in [1.29, 1.82) is 0 Å². The van der Waals surface area contributed by atoms with Gasteiger partial charge < -0.3 is 20.1 Å². The Bertz CT molecular complexity index is 735. The first kappa shape index (κ1) is 19.1. The lowest BCUT2D eigenvalue weighted by molar-refractivity contribution is 0.252. The van der Waals surface area contributed by atoms with E-state index in [2.05, 4.69) is 26.6 Å². The lowest BCUT2D eigenvalue weighted by Crippen LogP contribution is -2.30. The predicted octanol–water partition coefficient (Wildman–Crippen LogP) is 4.53. The monoisotopic (exact) mass is 406 g/mol. The molecule has 2 rings (SSSR count). The van der Waals surface area contributed by atoms with Gasteiger partial charge in [0, 0.05) is 16.7 Å². The van der Waals surface area contributed by atoms with E-state index in [0.29, 0.717) is 25.3 Å².